The highest BCUT2D eigenvalue weighted by atomic mass is 35.5. The Kier molecular flexibility index (Phi) is 4.91. The second-order valence-electron chi connectivity index (χ2n) is 4.18. The van der Waals surface area contributed by atoms with Crippen LogP contribution in [0.2, 0.25) is 5.02 Å². The van der Waals surface area contributed by atoms with E-state index in [1.807, 2.05) is 5.01 Å². The Bertz CT molecular complexity index is 399. The van der Waals surface area contributed by atoms with Crippen molar-refractivity contribution in [3.05, 3.63) is 34.6 Å². The molecule has 18 heavy (non-hydrogen) atoms. The van der Waals surface area contributed by atoms with Crippen LogP contribution in [0.4, 0.5) is 4.39 Å². The molecule has 1 aromatic carbocycles. The Labute approximate surface area is 111 Å². The number of benzene rings is 1. The number of nitrogens with two attached hydrogens (primary N) is 1. The standard InChI is InChI=1S/C12H17ClFN3O/c13-9-1-2-10(11(14)7-9)12(8-15)16-17-3-5-18-6-4-17/h1-2,7,12,16H,3-6,8,15H2. The van der Waals surface area contributed by atoms with Gasteiger partial charge in [0.1, 0.15) is 5.82 Å². The summed E-state index contributed by atoms with van der Waals surface area (Å²) in [5.74, 6) is -0.335. The number of hydrazine groups is 1. The van der Waals surface area contributed by atoms with E-state index >= 15 is 0 Å². The molecule has 1 aliphatic rings. The zero-order valence-electron chi connectivity index (χ0n) is 10.0. The number of morpholine rings is 1. The first-order valence-corrected chi connectivity index (χ1v) is 6.32. The fraction of sp³-hybridized carbons (Fsp3) is 0.500. The van der Waals surface area contributed by atoms with E-state index in [1.54, 1.807) is 12.1 Å². The fourth-order valence-corrected chi connectivity index (χ4v) is 2.10. The molecule has 0 aliphatic carbocycles. The van der Waals surface area contributed by atoms with Crippen LogP contribution in [0.3, 0.4) is 0 Å². The topological polar surface area (TPSA) is 50.5 Å². The Hall–Kier alpha value is -0.720. The number of rotatable bonds is 4. The number of hydrogen-bond donors (Lipinski definition) is 2. The van der Waals surface area contributed by atoms with Gasteiger partial charge in [0.2, 0.25) is 0 Å². The van der Waals surface area contributed by atoms with E-state index in [4.69, 9.17) is 22.1 Å². The van der Waals surface area contributed by atoms with E-state index in [1.165, 1.54) is 6.07 Å². The Balaban J connectivity index is 2.07. The third-order valence-corrected chi connectivity index (χ3v) is 3.16. The highest BCUT2D eigenvalue weighted by molar-refractivity contribution is 6.30. The predicted octanol–water partition coefficient (Wildman–Crippen LogP) is 1.32. The van der Waals surface area contributed by atoms with Crippen LogP contribution in [-0.4, -0.2) is 37.9 Å². The van der Waals surface area contributed by atoms with Crippen LogP contribution in [0, 0.1) is 5.82 Å². The second kappa shape index (κ2) is 6.45. The van der Waals surface area contributed by atoms with E-state index in [0.717, 1.165) is 13.1 Å². The van der Waals surface area contributed by atoms with Crippen molar-refractivity contribution in [1.82, 2.24) is 10.4 Å². The van der Waals surface area contributed by atoms with Crippen LogP contribution in [0.25, 0.3) is 0 Å². The van der Waals surface area contributed by atoms with Gasteiger partial charge < -0.3 is 10.5 Å². The summed E-state index contributed by atoms with van der Waals surface area (Å²) in [6.45, 7) is 3.20. The van der Waals surface area contributed by atoms with E-state index in [-0.39, 0.29) is 11.9 Å². The average molecular weight is 274 g/mol. The number of nitrogens with one attached hydrogen (secondary N) is 1. The van der Waals surface area contributed by atoms with Crippen LogP contribution >= 0.6 is 11.6 Å². The van der Waals surface area contributed by atoms with E-state index in [2.05, 4.69) is 5.43 Å². The summed E-state index contributed by atoms with van der Waals surface area (Å²) >= 11 is 5.74. The SMILES string of the molecule is NCC(NN1CCOCC1)c1ccc(Cl)cc1F. The average Bonchev–Trinajstić information content (AvgIpc) is 2.38. The summed E-state index contributed by atoms with van der Waals surface area (Å²) in [6.07, 6.45) is 0. The van der Waals surface area contributed by atoms with Gasteiger partial charge in [-0.05, 0) is 12.1 Å². The lowest BCUT2D eigenvalue weighted by molar-refractivity contribution is 0.00379. The molecule has 0 aromatic heterocycles. The van der Waals surface area contributed by atoms with E-state index < -0.39 is 0 Å². The minimum Gasteiger partial charge on any atom is -0.379 e. The lowest BCUT2D eigenvalue weighted by Gasteiger charge is -2.31. The van der Waals surface area contributed by atoms with E-state index in [0.29, 0.717) is 30.3 Å². The van der Waals surface area contributed by atoms with Crippen LogP contribution in [0.5, 0.6) is 0 Å². The van der Waals surface area contributed by atoms with Gasteiger partial charge in [-0.3, -0.25) is 0 Å². The minimum atomic E-state index is -0.335. The molecule has 3 N–H and O–H groups in total. The Morgan fingerprint density at radius 1 is 1.44 bits per heavy atom. The van der Waals surface area contributed by atoms with Gasteiger partial charge in [0.15, 0.2) is 0 Å². The summed E-state index contributed by atoms with van der Waals surface area (Å²) in [5.41, 5.74) is 9.47. The number of hydrogen-bond acceptors (Lipinski definition) is 4. The number of nitrogens with zero attached hydrogens (tertiary/aromatic N) is 1. The molecular weight excluding hydrogens is 257 g/mol. The van der Waals surface area contributed by atoms with Crippen molar-refractivity contribution in [3.8, 4) is 0 Å². The molecule has 6 heteroatoms. The van der Waals surface area contributed by atoms with Crippen LogP contribution in [-0.2, 0) is 4.74 Å². The first kappa shape index (κ1) is 13.7. The van der Waals surface area contributed by atoms with Crippen molar-refractivity contribution in [2.24, 2.45) is 5.73 Å². The van der Waals surface area contributed by atoms with Gasteiger partial charge in [0, 0.05) is 30.2 Å². The highest BCUT2D eigenvalue weighted by Crippen LogP contribution is 2.20. The van der Waals surface area contributed by atoms with Gasteiger partial charge in [-0.15, -0.1) is 0 Å². The molecule has 1 heterocycles. The number of ether oxygens (including phenoxy) is 1. The lowest BCUT2D eigenvalue weighted by Crippen LogP contribution is -2.48. The number of halogens is 2. The summed E-state index contributed by atoms with van der Waals surface area (Å²) in [6, 6.07) is 4.40. The van der Waals surface area contributed by atoms with Crippen molar-refractivity contribution in [2.45, 2.75) is 6.04 Å². The summed E-state index contributed by atoms with van der Waals surface area (Å²) in [5, 5.41) is 2.40. The lowest BCUT2D eigenvalue weighted by atomic mass is 10.1. The van der Waals surface area contributed by atoms with Gasteiger partial charge >= 0.3 is 0 Å². The molecule has 0 saturated carbocycles. The fourth-order valence-electron chi connectivity index (χ4n) is 1.95. The molecule has 1 aromatic rings. The summed E-state index contributed by atoms with van der Waals surface area (Å²) < 4.78 is 19.1. The summed E-state index contributed by atoms with van der Waals surface area (Å²) in [7, 11) is 0. The van der Waals surface area contributed by atoms with Crippen molar-refractivity contribution < 1.29 is 9.13 Å². The van der Waals surface area contributed by atoms with Crippen molar-refractivity contribution in [3.63, 3.8) is 0 Å². The zero-order valence-corrected chi connectivity index (χ0v) is 10.8. The molecule has 4 nitrogen and oxygen atoms in total. The third-order valence-electron chi connectivity index (χ3n) is 2.92. The van der Waals surface area contributed by atoms with Gasteiger partial charge in [-0.1, -0.05) is 17.7 Å². The quantitative estimate of drug-likeness (QED) is 0.869. The molecule has 1 saturated heterocycles. The molecule has 0 bridgehead atoms. The smallest absolute Gasteiger partial charge is 0.129 e. The normalized spacial score (nSPS) is 18.8. The molecule has 0 radical (unpaired) electrons. The van der Waals surface area contributed by atoms with Gasteiger partial charge in [-0.2, -0.15) is 0 Å². The van der Waals surface area contributed by atoms with Crippen LogP contribution in [0.1, 0.15) is 11.6 Å². The first-order chi connectivity index (χ1) is 8.70. The van der Waals surface area contributed by atoms with Gasteiger partial charge in [0.05, 0.1) is 19.3 Å². The Morgan fingerprint density at radius 2 is 2.17 bits per heavy atom. The molecule has 1 aliphatic heterocycles. The van der Waals surface area contributed by atoms with Crippen molar-refractivity contribution in [2.75, 3.05) is 32.8 Å². The highest BCUT2D eigenvalue weighted by Gasteiger charge is 2.19. The van der Waals surface area contributed by atoms with Crippen LogP contribution < -0.4 is 11.2 Å². The third kappa shape index (κ3) is 3.40. The molecule has 0 amide bonds. The molecule has 100 valence electrons. The Morgan fingerprint density at radius 3 is 2.78 bits per heavy atom. The van der Waals surface area contributed by atoms with Crippen molar-refractivity contribution >= 4 is 11.6 Å². The maximum atomic E-state index is 13.8. The molecule has 1 atom stereocenters. The van der Waals surface area contributed by atoms with Crippen molar-refractivity contribution in [1.29, 1.82) is 0 Å². The maximum absolute atomic E-state index is 13.8. The maximum Gasteiger partial charge on any atom is 0.129 e. The molecular formula is C12H17ClFN3O. The molecule has 1 fully saturated rings. The van der Waals surface area contributed by atoms with Gasteiger partial charge in [0.25, 0.3) is 0 Å². The molecule has 0 spiro atoms. The second-order valence-corrected chi connectivity index (χ2v) is 4.62. The van der Waals surface area contributed by atoms with Crippen LogP contribution in [0.15, 0.2) is 18.2 Å². The minimum absolute atomic E-state index is 0.250. The molecule has 2 rings (SSSR count). The largest absolute Gasteiger partial charge is 0.379 e. The predicted molar refractivity (Wildman–Crippen MR) is 68.7 cm³/mol. The van der Waals surface area contributed by atoms with Gasteiger partial charge in [-0.25, -0.2) is 14.8 Å². The first-order valence-electron chi connectivity index (χ1n) is 5.94. The monoisotopic (exact) mass is 273 g/mol. The summed E-state index contributed by atoms with van der Waals surface area (Å²) in [4.78, 5) is 0. The zero-order chi connectivity index (χ0) is 13.0. The van der Waals surface area contributed by atoms with E-state index in [9.17, 15) is 4.39 Å². The molecule has 1 unspecified atom stereocenters.